The van der Waals surface area contributed by atoms with E-state index in [1.807, 2.05) is 26.0 Å². The van der Waals surface area contributed by atoms with Crippen molar-refractivity contribution in [2.24, 2.45) is 0 Å². The van der Waals surface area contributed by atoms with E-state index < -0.39 is 0 Å². The minimum atomic E-state index is -0.242. The number of hydrogen-bond acceptors (Lipinski definition) is 4. The van der Waals surface area contributed by atoms with Crippen molar-refractivity contribution in [2.45, 2.75) is 20.4 Å². The molecule has 7 heteroatoms. The number of carbonyl (C=O) groups is 1. The second kappa shape index (κ2) is 8.47. The molecule has 0 atom stereocenters. The largest absolute Gasteiger partial charge is 0.496 e. The number of rotatable bonds is 6. The Balaban J connectivity index is 1.53. The lowest BCUT2D eigenvalue weighted by atomic mass is 10.0. The fourth-order valence-electron chi connectivity index (χ4n) is 3.56. The van der Waals surface area contributed by atoms with Gasteiger partial charge >= 0.3 is 0 Å². The Morgan fingerprint density at radius 3 is 2.71 bits per heavy atom. The van der Waals surface area contributed by atoms with Gasteiger partial charge in [0.15, 0.2) is 0 Å². The molecule has 7 nitrogen and oxygen atoms in total. The number of aryl methyl sites for hydroxylation is 2. The zero-order valence-electron chi connectivity index (χ0n) is 17.8. The van der Waals surface area contributed by atoms with Crippen molar-refractivity contribution in [1.29, 1.82) is 0 Å². The van der Waals surface area contributed by atoms with Crippen LogP contribution in [-0.2, 0) is 6.54 Å². The first-order valence-electron chi connectivity index (χ1n) is 10.1. The lowest BCUT2D eigenvalue weighted by Crippen LogP contribution is -2.31. The predicted octanol–water partition coefficient (Wildman–Crippen LogP) is 3.22. The molecule has 0 unspecified atom stereocenters. The van der Waals surface area contributed by atoms with Gasteiger partial charge in [0.1, 0.15) is 11.3 Å². The molecule has 31 heavy (non-hydrogen) atoms. The maximum atomic E-state index is 12.9. The normalized spacial score (nSPS) is 10.9. The number of benzene rings is 2. The molecule has 2 aromatic carbocycles. The van der Waals surface area contributed by atoms with E-state index >= 15 is 0 Å². The fraction of sp³-hybridized carbons (Fsp3) is 0.208. The van der Waals surface area contributed by atoms with Crippen molar-refractivity contribution in [3.05, 3.63) is 88.0 Å². The smallest absolute Gasteiger partial charge is 0.276 e. The van der Waals surface area contributed by atoms with Crippen LogP contribution in [-0.4, -0.2) is 33.7 Å². The number of amides is 1. The molecule has 2 aromatic heterocycles. The summed E-state index contributed by atoms with van der Waals surface area (Å²) in [5, 5.41) is 7.41. The molecule has 158 valence electrons. The third-order valence-corrected chi connectivity index (χ3v) is 5.26. The molecule has 0 radical (unpaired) electrons. The van der Waals surface area contributed by atoms with Crippen LogP contribution in [0.3, 0.4) is 0 Å². The van der Waals surface area contributed by atoms with Gasteiger partial charge in [0.2, 0.25) is 0 Å². The van der Waals surface area contributed by atoms with E-state index in [4.69, 9.17) is 4.74 Å². The summed E-state index contributed by atoms with van der Waals surface area (Å²) in [6, 6.07) is 15.0. The van der Waals surface area contributed by atoms with Crippen LogP contribution >= 0.6 is 0 Å². The molecule has 0 aliphatic carbocycles. The minimum Gasteiger partial charge on any atom is -0.496 e. The molecule has 0 aliphatic heterocycles. The standard InChI is InChI=1S/C24H24N4O3/c1-16-8-9-17(2)19(14-16)20-15-21-24(30)27(12-13-28(21)26-20)11-10-25-23(29)18-6-4-5-7-22(18)31-3/h4-9,12-15H,10-11H2,1-3H3,(H,25,29). The fourth-order valence-corrected chi connectivity index (χ4v) is 3.56. The van der Waals surface area contributed by atoms with Gasteiger partial charge < -0.3 is 14.6 Å². The van der Waals surface area contributed by atoms with Crippen LogP contribution in [0.25, 0.3) is 16.8 Å². The Labute approximate surface area is 179 Å². The summed E-state index contributed by atoms with van der Waals surface area (Å²) in [6.07, 6.45) is 3.44. The molecule has 4 rings (SSSR count). The molecule has 0 bridgehead atoms. The van der Waals surface area contributed by atoms with Gasteiger partial charge in [-0.2, -0.15) is 5.10 Å². The summed E-state index contributed by atoms with van der Waals surface area (Å²) in [5.74, 6) is 0.268. The average Bonchev–Trinajstić information content (AvgIpc) is 3.22. The third-order valence-electron chi connectivity index (χ3n) is 5.26. The summed E-state index contributed by atoms with van der Waals surface area (Å²) in [4.78, 5) is 25.4. The van der Waals surface area contributed by atoms with E-state index in [0.717, 1.165) is 22.4 Å². The number of carbonyl (C=O) groups excluding carboxylic acids is 1. The maximum absolute atomic E-state index is 12.9. The number of para-hydroxylation sites is 1. The first-order chi connectivity index (χ1) is 15.0. The van der Waals surface area contributed by atoms with Crippen LogP contribution < -0.4 is 15.6 Å². The Hall–Kier alpha value is -3.87. The van der Waals surface area contributed by atoms with Gasteiger partial charge in [-0.3, -0.25) is 9.59 Å². The van der Waals surface area contributed by atoms with Gasteiger partial charge in [0, 0.05) is 31.0 Å². The van der Waals surface area contributed by atoms with Gasteiger partial charge in [-0.15, -0.1) is 0 Å². The summed E-state index contributed by atoms with van der Waals surface area (Å²) in [6.45, 7) is 4.72. The molecule has 1 amide bonds. The summed E-state index contributed by atoms with van der Waals surface area (Å²) in [7, 11) is 1.53. The van der Waals surface area contributed by atoms with Crippen LogP contribution in [0.2, 0.25) is 0 Å². The lowest BCUT2D eigenvalue weighted by Gasteiger charge is -2.10. The van der Waals surface area contributed by atoms with Crippen molar-refractivity contribution >= 4 is 11.4 Å². The molecule has 4 aromatic rings. The maximum Gasteiger partial charge on any atom is 0.276 e. The first-order valence-corrected chi connectivity index (χ1v) is 10.1. The number of fused-ring (bicyclic) bond motifs is 1. The second-order valence-corrected chi connectivity index (χ2v) is 7.43. The van der Waals surface area contributed by atoms with E-state index in [1.165, 1.54) is 7.11 Å². The van der Waals surface area contributed by atoms with Crippen LogP contribution in [0.1, 0.15) is 21.5 Å². The van der Waals surface area contributed by atoms with Crippen molar-refractivity contribution in [3.63, 3.8) is 0 Å². The van der Waals surface area contributed by atoms with E-state index in [9.17, 15) is 9.59 Å². The van der Waals surface area contributed by atoms with Gasteiger partial charge in [-0.1, -0.05) is 29.8 Å². The zero-order chi connectivity index (χ0) is 22.0. The summed E-state index contributed by atoms with van der Waals surface area (Å²) < 4.78 is 8.40. The van der Waals surface area contributed by atoms with E-state index in [1.54, 1.807) is 39.7 Å². The van der Waals surface area contributed by atoms with Crippen molar-refractivity contribution in [1.82, 2.24) is 19.5 Å². The monoisotopic (exact) mass is 416 g/mol. The number of methoxy groups -OCH3 is 1. The van der Waals surface area contributed by atoms with Gasteiger partial charge in [0.05, 0.1) is 18.4 Å². The Morgan fingerprint density at radius 1 is 1.10 bits per heavy atom. The van der Waals surface area contributed by atoms with E-state index in [0.29, 0.717) is 29.9 Å². The number of hydrogen-bond donors (Lipinski definition) is 1. The van der Waals surface area contributed by atoms with Gasteiger partial charge in [-0.05, 0) is 43.7 Å². The molecule has 1 N–H and O–H groups in total. The number of nitrogens with one attached hydrogen (secondary N) is 1. The molecular weight excluding hydrogens is 392 g/mol. The summed E-state index contributed by atoms with van der Waals surface area (Å²) in [5.41, 5.74) is 4.82. The van der Waals surface area contributed by atoms with Crippen molar-refractivity contribution in [2.75, 3.05) is 13.7 Å². The number of aromatic nitrogens is 3. The van der Waals surface area contributed by atoms with E-state index in [-0.39, 0.29) is 11.5 Å². The van der Waals surface area contributed by atoms with Gasteiger partial charge in [-0.25, -0.2) is 4.52 Å². The second-order valence-electron chi connectivity index (χ2n) is 7.43. The average molecular weight is 416 g/mol. The van der Waals surface area contributed by atoms with Crippen LogP contribution in [0.4, 0.5) is 0 Å². The van der Waals surface area contributed by atoms with Crippen molar-refractivity contribution in [3.8, 4) is 17.0 Å². The Morgan fingerprint density at radius 2 is 1.90 bits per heavy atom. The Kier molecular flexibility index (Phi) is 5.58. The van der Waals surface area contributed by atoms with E-state index in [2.05, 4.69) is 28.6 Å². The SMILES string of the molecule is COc1ccccc1C(=O)NCCn1ccn2nc(-c3cc(C)ccc3C)cc2c1=O. The van der Waals surface area contributed by atoms with Crippen LogP contribution in [0, 0.1) is 13.8 Å². The predicted molar refractivity (Wildman–Crippen MR) is 120 cm³/mol. The highest BCUT2D eigenvalue weighted by Crippen LogP contribution is 2.23. The highest BCUT2D eigenvalue weighted by atomic mass is 16.5. The van der Waals surface area contributed by atoms with Gasteiger partial charge in [0.25, 0.3) is 11.5 Å². The molecule has 0 fully saturated rings. The highest BCUT2D eigenvalue weighted by Gasteiger charge is 2.13. The Bertz CT molecular complexity index is 1320. The third kappa shape index (κ3) is 4.07. The van der Waals surface area contributed by atoms with Crippen LogP contribution in [0.15, 0.2) is 65.7 Å². The quantitative estimate of drug-likeness (QED) is 0.524. The molecule has 0 saturated heterocycles. The van der Waals surface area contributed by atoms with Crippen molar-refractivity contribution < 1.29 is 9.53 Å². The number of nitrogens with zero attached hydrogens (tertiary/aromatic N) is 3. The summed E-state index contributed by atoms with van der Waals surface area (Å²) >= 11 is 0. The number of ether oxygens (including phenoxy) is 1. The molecule has 0 spiro atoms. The topological polar surface area (TPSA) is 77.6 Å². The lowest BCUT2D eigenvalue weighted by molar-refractivity contribution is 0.0949. The van der Waals surface area contributed by atoms with Crippen LogP contribution in [0.5, 0.6) is 5.75 Å². The first kappa shape index (κ1) is 20.4. The highest BCUT2D eigenvalue weighted by molar-refractivity contribution is 5.96. The molecular formula is C24H24N4O3. The molecule has 0 saturated carbocycles. The molecule has 2 heterocycles. The zero-order valence-corrected chi connectivity index (χ0v) is 17.8. The molecule has 0 aliphatic rings. The minimum absolute atomic E-state index is 0.155.